The molecule has 1 amide bonds. The van der Waals surface area contributed by atoms with E-state index in [0.29, 0.717) is 30.9 Å². The Kier molecular flexibility index (Phi) is 7.75. The maximum absolute atomic E-state index is 12.1. The molecule has 1 aliphatic carbocycles. The predicted molar refractivity (Wildman–Crippen MR) is 104 cm³/mol. The fourth-order valence-corrected chi connectivity index (χ4v) is 4.26. The molecule has 146 valence electrons. The van der Waals surface area contributed by atoms with Crippen LogP contribution in [0.2, 0.25) is 0 Å². The molecule has 1 aromatic carbocycles. The quantitative estimate of drug-likeness (QED) is 0.712. The van der Waals surface area contributed by atoms with Gasteiger partial charge in [0.05, 0.1) is 18.6 Å². The van der Waals surface area contributed by atoms with Gasteiger partial charge >= 0.3 is 0 Å². The third kappa shape index (κ3) is 6.52. The minimum absolute atomic E-state index is 0.0112. The van der Waals surface area contributed by atoms with Crippen molar-refractivity contribution in [2.24, 2.45) is 0 Å². The molecule has 1 N–H and O–H groups in total. The highest BCUT2D eigenvalue weighted by molar-refractivity contribution is 7.92. The number of nitrogens with zero attached hydrogens (tertiary/aromatic N) is 1. The second-order valence-electron chi connectivity index (χ2n) is 6.77. The average Bonchev–Trinajstić information content (AvgIpc) is 2.60. The fraction of sp³-hybridized carbons (Fsp3) is 0.632. The molecule has 0 aliphatic heterocycles. The second kappa shape index (κ2) is 9.80. The van der Waals surface area contributed by atoms with Crippen LogP contribution in [0.15, 0.2) is 24.3 Å². The van der Waals surface area contributed by atoms with Crippen molar-refractivity contribution >= 4 is 21.6 Å². The van der Waals surface area contributed by atoms with Gasteiger partial charge in [0.1, 0.15) is 5.75 Å². The van der Waals surface area contributed by atoms with E-state index in [0.717, 1.165) is 12.8 Å². The van der Waals surface area contributed by atoms with Gasteiger partial charge in [-0.3, -0.25) is 9.10 Å². The predicted octanol–water partition coefficient (Wildman–Crippen LogP) is 3.08. The third-order valence-electron chi connectivity index (χ3n) is 4.57. The molecular formula is C19H30N2O4S. The normalized spacial score (nSPS) is 15.5. The Bertz CT molecular complexity index is 667. The van der Waals surface area contributed by atoms with Crippen LogP contribution in [0.5, 0.6) is 5.75 Å². The molecule has 7 heteroatoms. The van der Waals surface area contributed by atoms with Gasteiger partial charge in [0.2, 0.25) is 15.9 Å². The number of amides is 1. The summed E-state index contributed by atoms with van der Waals surface area (Å²) in [6, 6.07) is 7.26. The molecule has 1 aliphatic rings. The molecule has 0 aromatic heterocycles. The maximum Gasteiger partial charge on any atom is 0.232 e. The largest absolute Gasteiger partial charge is 0.494 e. The van der Waals surface area contributed by atoms with Crippen LogP contribution in [-0.2, 0) is 14.8 Å². The van der Waals surface area contributed by atoms with Gasteiger partial charge < -0.3 is 10.1 Å². The van der Waals surface area contributed by atoms with E-state index in [4.69, 9.17) is 4.74 Å². The molecule has 2 rings (SSSR count). The molecule has 0 heterocycles. The van der Waals surface area contributed by atoms with E-state index < -0.39 is 10.0 Å². The molecule has 0 spiro atoms. The summed E-state index contributed by atoms with van der Waals surface area (Å²) in [7, 11) is -3.41. The maximum atomic E-state index is 12.1. The minimum atomic E-state index is -3.41. The van der Waals surface area contributed by atoms with Gasteiger partial charge in [-0.15, -0.1) is 0 Å². The van der Waals surface area contributed by atoms with Gasteiger partial charge in [0, 0.05) is 19.0 Å². The number of carbonyl (C=O) groups is 1. The zero-order valence-electron chi connectivity index (χ0n) is 15.7. The minimum Gasteiger partial charge on any atom is -0.494 e. The number of hydrogen-bond acceptors (Lipinski definition) is 4. The zero-order chi connectivity index (χ0) is 19.0. The lowest BCUT2D eigenvalue weighted by Gasteiger charge is -2.24. The van der Waals surface area contributed by atoms with E-state index in [-0.39, 0.29) is 18.5 Å². The van der Waals surface area contributed by atoms with Crippen molar-refractivity contribution in [2.45, 2.75) is 57.9 Å². The van der Waals surface area contributed by atoms with E-state index >= 15 is 0 Å². The standard InChI is InChI=1S/C19H30N2O4S/c1-3-25-18-13-11-17(12-14-18)21(26(2,23)24)15-7-10-19(22)20-16-8-5-4-6-9-16/h11-14,16H,3-10,15H2,1-2H3,(H,20,22). The van der Waals surface area contributed by atoms with Gasteiger partial charge in [-0.05, 0) is 50.5 Å². The van der Waals surface area contributed by atoms with E-state index in [2.05, 4.69) is 5.32 Å². The Balaban J connectivity index is 1.88. The molecule has 0 saturated heterocycles. The van der Waals surface area contributed by atoms with E-state index in [1.165, 1.54) is 29.8 Å². The van der Waals surface area contributed by atoms with Crippen LogP contribution in [0.3, 0.4) is 0 Å². The van der Waals surface area contributed by atoms with Crippen molar-refractivity contribution < 1.29 is 17.9 Å². The Labute approximate surface area is 157 Å². The summed E-state index contributed by atoms with van der Waals surface area (Å²) in [5.41, 5.74) is 0.587. The molecule has 0 unspecified atom stereocenters. The van der Waals surface area contributed by atoms with Gasteiger partial charge in [-0.2, -0.15) is 0 Å². The van der Waals surface area contributed by atoms with Crippen molar-refractivity contribution in [1.29, 1.82) is 0 Å². The van der Waals surface area contributed by atoms with Crippen LogP contribution < -0.4 is 14.4 Å². The topological polar surface area (TPSA) is 75.7 Å². The number of ether oxygens (including phenoxy) is 1. The summed E-state index contributed by atoms with van der Waals surface area (Å²) in [5, 5.41) is 3.07. The van der Waals surface area contributed by atoms with Crippen molar-refractivity contribution in [3.8, 4) is 5.75 Å². The number of rotatable bonds is 9. The van der Waals surface area contributed by atoms with Crippen LogP contribution in [0.1, 0.15) is 51.9 Å². The van der Waals surface area contributed by atoms with Crippen LogP contribution in [0.25, 0.3) is 0 Å². The zero-order valence-corrected chi connectivity index (χ0v) is 16.6. The van der Waals surface area contributed by atoms with Crippen molar-refractivity contribution in [3.05, 3.63) is 24.3 Å². The van der Waals surface area contributed by atoms with E-state index in [1.807, 2.05) is 6.92 Å². The van der Waals surface area contributed by atoms with Crippen LogP contribution in [-0.4, -0.2) is 39.8 Å². The number of carbonyl (C=O) groups excluding carboxylic acids is 1. The molecular weight excluding hydrogens is 352 g/mol. The average molecular weight is 383 g/mol. The molecule has 1 aromatic rings. The molecule has 1 saturated carbocycles. The van der Waals surface area contributed by atoms with Crippen molar-refractivity contribution in [3.63, 3.8) is 0 Å². The molecule has 0 atom stereocenters. The number of benzene rings is 1. The Morgan fingerprint density at radius 1 is 1.19 bits per heavy atom. The van der Waals surface area contributed by atoms with E-state index in [9.17, 15) is 13.2 Å². The third-order valence-corrected chi connectivity index (χ3v) is 5.77. The monoisotopic (exact) mass is 382 g/mol. The lowest BCUT2D eigenvalue weighted by molar-refractivity contribution is -0.122. The molecule has 0 radical (unpaired) electrons. The SMILES string of the molecule is CCOc1ccc(N(CCCC(=O)NC2CCCCC2)S(C)(=O)=O)cc1. The lowest BCUT2D eigenvalue weighted by atomic mass is 9.95. The van der Waals surface area contributed by atoms with Crippen LogP contribution in [0, 0.1) is 0 Å². The summed E-state index contributed by atoms with van der Waals surface area (Å²) in [6.45, 7) is 2.74. The van der Waals surface area contributed by atoms with Crippen molar-refractivity contribution in [2.75, 3.05) is 23.7 Å². The van der Waals surface area contributed by atoms with Gasteiger partial charge in [0.15, 0.2) is 0 Å². The second-order valence-corrected chi connectivity index (χ2v) is 8.67. The number of anilines is 1. The number of nitrogens with one attached hydrogen (secondary N) is 1. The summed E-state index contributed by atoms with van der Waals surface area (Å²) in [6.07, 6.45) is 7.69. The number of hydrogen-bond donors (Lipinski definition) is 1. The first kappa shape index (κ1) is 20.6. The molecule has 0 bridgehead atoms. The molecule has 1 fully saturated rings. The lowest BCUT2D eigenvalue weighted by Crippen LogP contribution is -2.37. The smallest absolute Gasteiger partial charge is 0.232 e. The van der Waals surface area contributed by atoms with Crippen LogP contribution in [0.4, 0.5) is 5.69 Å². The highest BCUT2D eigenvalue weighted by Gasteiger charge is 2.19. The summed E-state index contributed by atoms with van der Waals surface area (Å²) in [5.74, 6) is 0.716. The van der Waals surface area contributed by atoms with Gasteiger partial charge in [0.25, 0.3) is 0 Å². The molecule has 6 nitrogen and oxygen atoms in total. The van der Waals surface area contributed by atoms with Gasteiger partial charge in [-0.25, -0.2) is 8.42 Å². The van der Waals surface area contributed by atoms with E-state index in [1.54, 1.807) is 24.3 Å². The van der Waals surface area contributed by atoms with Gasteiger partial charge in [-0.1, -0.05) is 19.3 Å². The Hall–Kier alpha value is -1.76. The Morgan fingerprint density at radius 3 is 2.42 bits per heavy atom. The first-order chi connectivity index (χ1) is 12.4. The first-order valence-electron chi connectivity index (χ1n) is 9.40. The number of sulfonamides is 1. The summed E-state index contributed by atoms with van der Waals surface area (Å²) in [4.78, 5) is 12.1. The fourth-order valence-electron chi connectivity index (χ4n) is 3.29. The molecule has 26 heavy (non-hydrogen) atoms. The Morgan fingerprint density at radius 2 is 1.85 bits per heavy atom. The van der Waals surface area contributed by atoms with Crippen LogP contribution >= 0.6 is 0 Å². The highest BCUT2D eigenvalue weighted by Crippen LogP contribution is 2.22. The summed E-state index contributed by atoms with van der Waals surface area (Å²) >= 11 is 0. The van der Waals surface area contributed by atoms with Crippen molar-refractivity contribution in [1.82, 2.24) is 5.32 Å². The first-order valence-corrected chi connectivity index (χ1v) is 11.2. The summed E-state index contributed by atoms with van der Waals surface area (Å²) < 4.78 is 31.0. The highest BCUT2D eigenvalue weighted by atomic mass is 32.2.